The quantitative estimate of drug-likeness (QED) is 0.861. The molecule has 2 aromatic rings. The number of carbonyl (C=O) groups excluding carboxylic acids is 1. The molecule has 2 aliphatic heterocycles. The highest BCUT2D eigenvalue weighted by Crippen LogP contribution is 2.31. The summed E-state index contributed by atoms with van der Waals surface area (Å²) in [5.74, 6) is 2.12. The molecule has 0 bridgehead atoms. The Balaban J connectivity index is 1.32. The largest absolute Gasteiger partial charge is 0.497 e. The summed E-state index contributed by atoms with van der Waals surface area (Å²) in [7, 11) is 3.62. The lowest BCUT2D eigenvalue weighted by molar-refractivity contribution is -0.136. The summed E-state index contributed by atoms with van der Waals surface area (Å²) in [6.45, 7) is 3.37. The number of nitrogens with zero attached hydrogens (tertiary/aromatic N) is 3. The van der Waals surface area contributed by atoms with Gasteiger partial charge in [-0.15, -0.1) is 0 Å². The maximum atomic E-state index is 13.2. The Labute approximate surface area is 166 Å². The molecule has 2 fully saturated rings. The van der Waals surface area contributed by atoms with Crippen LogP contribution in [0.25, 0.3) is 0 Å². The van der Waals surface area contributed by atoms with E-state index in [1.165, 1.54) is 11.1 Å². The Kier molecular flexibility index (Phi) is 5.67. The minimum Gasteiger partial charge on any atom is -0.497 e. The van der Waals surface area contributed by atoms with Crippen LogP contribution in [0.5, 0.6) is 5.75 Å². The van der Waals surface area contributed by atoms with Gasteiger partial charge in [-0.1, -0.05) is 12.1 Å². The van der Waals surface area contributed by atoms with Gasteiger partial charge in [0.15, 0.2) is 0 Å². The zero-order chi connectivity index (χ0) is 19.5. The first-order valence-electron chi connectivity index (χ1n) is 10.2. The summed E-state index contributed by atoms with van der Waals surface area (Å²) >= 11 is 0. The molecule has 0 unspecified atom stereocenters. The van der Waals surface area contributed by atoms with E-state index < -0.39 is 0 Å². The lowest BCUT2D eigenvalue weighted by atomic mass is 9.87. The smallest absolute Gasteiger partial charge is 0.227 e. The van der Waals surface area contributed by atoms with Crippen molar-refractivity contribution in [1.82, 2.24) is 20.0 Å². The van der Waals surface area contributed by atoms with E-state index >= 15 is 0 Å². The Morgan fingerprint density at radius 2 is 1.96 bits per heavy atom. The topological polar surface area (TPSA) is 59.4 Å². The Morgan fingerprint density at radius 3 is 2.61 bits per heavy atom. The first kappa shape index (κ1) is 19.0. The normalized spacial score (nSPS) is 23.1. The van der Waals surface area contributed by atoms with Crippen LogP contribution < -0.4 is 10.1 Å². The molecule has 150 valence electrons. The first-order valence-corrected chi connectivity index (χ1v) is 10.2. The number of carbonyl (C=O) groups is 1. The molecule has 6 heteroatoms. The van der Waals surface area contributed by atoms with Crippen LogP contribution >= 0.6 is 0 Å². The molecule has 1 amide bonds. The molecule has 3 heterocycles. The second-order valence-electron chi connectivity index (χ2n) is 8.14. The number of nitrogens with one attached hydrogen (secondary N) is 1. The molecule has 6 nitrogen and oxygen atoms in total. The molecule has 2 saturated heterocycles. The lowest BCUT2D eigenvalue weighted by Gasteiger charge is -2.34. The monoisotopic (exact) mass is 382 g/mol. The van der Waals surface area contributed by atoms with E-state index in [4.69, 9.17) is 4.74 Å². The minimum absolute atomic E-state index is 0.0299. The number of hydrogen-bond acceptors (Lipinski definition) is 4. The van der Waals surface area contributed by atoms with Crippen LogP contribution in [-0.2, 0) is 18.3 Å². The molecule has 1 aromatic heterocycles. The first-order chi connectivity index (χ1) is 13.6. The lowest BCUT2D eigenvalue weighted by Crippen LogP contribution is -2.43. The van der Waals surface area contributed by atoms with E-state index in [0.717, 1.165) is 51.2 Å². The van der Waals surface area contributed by atoms with Crippen molar-refractivity contribution in [3.63, 3.8) is 0 Å². The molecule has 0 spiro atoms. The highest BCUT2D eigenvalue weighted by atomic mass is 16.5. The van der Waals surface area contributed by atoms with Crippen molar-refractivity contribution < 1.29 is 9.53 Å². The van der Waals surface area contributed by atoms with Gasteiger partial charge in [-0.2, -0.15) is 5.10 Å². The maximum absolute atomic E-state index is 13.2. The number of likely N-dealkylation sites (tertiary alicyclic amines) is 1. The van der Waals surface area contributed by atoms with Crippen LogP contribution in [0.3, 0.4) is 0 Å². The van der Waals surface area contributed by atoms with Gasteiger partial charge in [-0.25, -0.2) is 0 Å². The molecule has 28 heavy (non-hydrogen) atoms. The molecule has 0 aliphatic carbocycles. The zero-order valence-electron chi connectivity index (χ0n) is 16.8. The second-order valence-corrected chi connectivity index (χ2v) is 8.14. The predicted molar refractivity (Wildman–Crippen MR) is 108 cm³/mol. The fraction of sp³-hybridized carbons (Fsp3) is 0.545. The van der Waals surface area contributed by atoms with Crippen LogP contribution in [0, 0.1) is 11.8 Å². The number of aryl methyl sites for hydroxylation is 1. The molecule has 2 atom stereocenters. The molecule has 4 rings (SSSR count). The van der Waals surface area contributed by atoms with Gasteiger partial charge in [-0.05, 0) is 48.4 Å². The Morgan fingerprint density at radius 1 is 1.21 bits per heavy atom. The number of aromatic nitrogens is 2. The molecular formula is C22H30N4O2. The highest BCUT2D eigenvalue weighted by Gasteiger charge is 2.37. The van der Waals surface area contributed by atoms with Crippen LogP contribution in [0.4, 0.5) is 0 Å². The van der Waals surface area contributed by atoms with E-state index in [9.17, 15) is 4.79 Å². The maximum Gasteiger partial charge on any atom is 0.227 e. The van der Waals surface area contributed by atoms with Gasteiger partial charge in [0.2, 0.25) is 5.91 Å². The highest BCUT2D eigenvalue weighted by molar-refractivity contribution is 5.80. The van der Waals surface area contributed by atoms with Gasteiger partial charge < -0.3 is 15.0 Å². The summed E-state index contributed by atoms with van der Waals surface area (Å²) in [6, 6.07) is 8.36. The van der Waals surface area contributed by atoms with Crippen molar-refractivity contribution in [2.24, 2.45) is 18.9 Å². The standard InChI is InChI=1S/C22H30N4O2/c1-25-15-18(12-24-25)20-13-23-14-21(20)22(27)26-9-7-17(8-10-26)11-16-3-5-19(28-2)6-4-16/h3-6,12,15,17,20-21,23H,7-11,13-14H2,1-2H3/t20-,21+/m1/s1. The van der Waals surface area contributed by atoms with E-state index in [2.05, 4.69) is 27.4 Å². The molecular weight excluding hydrogens is 352 g/mol. The van der Waals surface area contributed by atoms with Crippen LogP contribution in [0.2, 0.25) is 0 Å². The van der Waals surface area contributed by atoms with Crippen molar-refractivity contribution in [3.05, 3.63) is 47.8 Å². The fourth-order valence-corrected chi connectivity index (χ4v) is 4.61. The Bertz CT molecular complexity index is 793. The number of methoxy groups -OCH3 is 1. The van der Waals surface area contributed by atoms with Gasteiger partial charge >= 0.3 is 0 Å². The van der Waals surface area contributed by atoms with Crippen molar-refractivity contribution in [2.75, 3.05) is 33.3 Å². The number of ether oxygens (including phenoxy) is 1. The SMILES string of the molecule is COc1ccc(CC2CCN(C(=O)[C@H]3CNC[C@@H]3c3cnn(C)c3)CC2)cc1. The second kappa shape index (κ2) is 8.35. The summed E-state index contributed by atoms with van der Waals surface area (Å²) in [6.07, 6.45) is 7.18. The third-order valence-corrected chi connectivity index (χ3v) is 6.29. The number of rotatable bonds is 5. The van der Waals surface area contributed by atoms with E-state index in [-0.39, 0.29) is 11.8 Å². The number of benzene rings is 1. The van der Waals surface area contributed by atoms with Gasteiger partial charge in [0.25, 0.3) is 0 Å². The van der Waals surface area contributed by atoms with Crippen LogP contribution in [0.15, 0.2) is 36.7 Å². The summed E-state index contributed by atoms with van der Waals surface area (Å²) in [5, 5.41) is 7.69. The number of piperidine rings is 1. The molecule has 1 aromatic carbocycles. The minimum atomic E-state index is 0.0299. The summed E-state index contributed by atoms with van der Waals surface area (Å²) in [5.41, 5.74) is 2.52. The summed E-state index contributed by atoms with van der Waals surface area (Å²) < 4.78 is 7.05. The molecule has 1 N–H and O–H groups in total. The average molecular weight is 383 g/mol. The van der Waals surface area contributed by atoms with E-state index in [0.29, 0.717) is 11.8 Å². The van der Waals surface area contributed by atoms with Gasteiger partial charge in [0.1, 0.15) is 5.75 Å². The average Bonchev–Trinajstić information content (AvgIpc) is 3.37. The number of amides is 1. The van der Waals surface area contributed by atoms with Gasteiger partial charge in [0.05, 0.1) is 19.2 Å². The fourth-order valence-electron chi connectivity index (χ4n) is 4.61. The predicted octanol–water partition coefficient (Wildman–Crippen LogP) is 2.21. The van der Waals surface area contributed by atoms with Crippen molar-refractivity contribution in [1.29, 1.82) is 0 Å². The zero-order valence-corrected chi connectivity index (χ0v) is 16.8. The van der Waals surface area contributed by atoms with E-state index in [1.54, 1.807) is 7.11 Å². The molecule has 0 saturated carbocycles. The third-order valence-electron chi connectivity index (χ3n) is 6.29. The van der Waals surface area contributed by atoms with Crippen LogP contribution in [0.1, 0.15) is 29.9 Å². The Hall–Kier alpha value is -2.34. The van der Waals surface area contributed by atoms with Gasteiger partial charge in [0, 0.05) is 45.3 Å². The van der Waals surface area contributed by atoms with Crippen molar-refractivity contribution in [2.45, 2.75) is 25.2 Å². The van der Waals surface area contributed by atoms with Crippen molar-refractivity contribution in [3.8, 4) is 5.75 Å². The van der Waals surface area contributed by atoms with Crippen LogP contribution in [-0.4, -0.2) is 53.9 Å². The van der Waals surface area contributed by atoms with E-state index in [1.807, 2.05) is 36.3 Å². The summed E-state index contributed by atoms with van der Waals surface area (Å²) in [4.78, 5) is 15.3. The van der Waals surface area contributed by atoms with Crippen molar-refractivity contribution >= 4 is 5.91 Å². The molecule has 2 aliphatic rings. The van der Waals surface area contributed by atoms with Gasteiger partial charge in [-0.3, -0.25) is 9.48 Å². The molecule has 0 radical (unpaired) electrons. The third kappa shape index (κ3) is 4.07. The number of hydrogen-bond donors (Lipinski definition) is 1.